The van der Waals surface area contributed by atoms with Crippen LogP contribution in [0.3, 0.4) is 0 Å². The van der Waals surface area contributed by atoms with Crippen LogP contribution in [-0.4, -0.2) is 43.5 Å². The minimum atomic E-state index is -0.586. The van der Waals surface area contributed by atoms with Crippen molar-refractivity contribution in [3.05, 3.63) is 71.0 Å². The number of likely N-dealkylation sites (N-methyl/N-ethyl adjacent to an activating group) is 1. The van der Waals surface area contributed by atoms with Gasteiger partial charge in [-0.05, 0) is 44.0 Å². The molecule has 3 atom stereocenters. The van der Waals surface area contributed by atoms with Crippen LogP contribution in [0, 0.1) is 18.7 Å². The summed E-state index contributed by atoms with van der Waals surface area (Å²) in [5.41, 5.74) is 2.77. The number of ether oxygens (including phenoxy) is 1. The van der Waals surface area contributed by atoms with Crippen LogP contribution >= 0.6 is 0 Å². The summed E-state index contributed by atoms with van der Waals surface area (Å²) in [6.45, 7) is 2.52. The molecule has 5 nitrogen and oxygen atoms in total. The van der Waals surface area contributed by atoms with Gasteiger partial charge in [-0.2, -0.15) is 0 Å². The Morgan fingerprint density at radius 2 is 1.86 bits per heavy atom. The van der Waals surface area contributed by atoms with Crippen LogP contribution in [-0.2, 0) is 20.7 Å². The highest BCUT2D eigenvalue weighted by molar-refractivity contribution is 5.83. The minimum absolute atomic E-state index is 0.176. The van der Waals surface area contributed by atoms with Crippen molar-refractivity contribution in [2.24, 2.45) is 5.92 Å². The van der Waals surface area contributed by atoms with Gasteiger partial charge in [-0.3, -0.25) is 14.5 Å². The number of nitrogens with one attached hydrogen (secondary N) is 1. The van der Waals surface area contributed by atoms with E-state index in [1.165, 1.54) is 24.3 Å². The topological polar surface area (TPSA) is 58.6 Å². The second-order valence-electron chi connectivity index (χ2n) is 7.48. The second kappa shape index (κ2) is 9.18. The number of esters is 1. The van der Waals surface area contributed by atoms with Gasteiger partial charge in [-0.1, -0.05) is 42.5 Å². The molecule has 29 heavy (non-hydrogen) atoms. The molecule has 0 radical (unpaired) electrons. The average molecular weight is 398 g/mol. The number of carbonyl (C=O) groups excluding carboxylic acids is 2. The number of carbonyl (C=O) groups is 2. The van der Waals surface area contributed by atoms with Crippen molar-refractivity contribution >= 4 is 11.9 Å². The molecule has 0 aliphatic carbocycles. The predicted molar refractivity (Wildman–Crippen MR) is 109 cm³/mol. The summed E-state index contributed by atoms with van der Waals surface area (Å²) in [5, 5.41) is 2.98. The number of rotatable bonds is 6. The average Bonchev–Trinajstić information content (AvgIpc) is 3.06. The SMILES string of the molecule is COC(=O)[C@@H]1CC(C(=O)NCCc2ccccc2C)C(c2ccccc2F)N1C. The number of aryl methyl sites for hydroxylation is 1. The van der Waals surface area contributed by atoms with E-state index in [0.29, 0.717) is 24.9 Å². The van der Waals surface area contributed by atoms with Gasteiger partial charge in [0.15, 0.2) is 0 Å². The summed E-state index contributed by atoms with van der Waals surface area (Å²) in [5.74, 6) is -1.51. The lowest BCUT2D eigenvalue weighted by Gasteiger charge is -2.27. The van der Waals surface area contributed by atoms with Crippen LogP contribution in [0.1, 0.15) is 29.2 Å². The molecular formula is C23H27FN2O3. The highest BCUT2D eigenvalue weighted by atomic mass is 19.1. The molecule has 1 fully saturated rings. The molecule has 3 rings (SSSR count). The Balaban J connectivity index is 1.76. The summed E-state index contributed by atoms with van der Waals surface area (Å²) in [4.78, 5) is 27.0. The van der Waals surface area contributed by atoms with E-state index >= 15 is 0 Å². The molecule has 1 heterocycles. The summed E-state index contributed by atoms with van der Waals surface area (Å²) in [7, 11) is 3.06. The van der Waals surface area contributed by atoms with E-state index in [2.05, 4.69) is 5.32 Å². The van der Waals surface area contributed by atoms with Crippen molar-refractivity contribution in [1.29, 1.82) is 0 Å². The molecule has 0 aromatic heterocycles. The smallest absolute Gasteiger partial charge is 0.323 e. The first kappa shape index (κ1) is 21.0. The zero-order valence-electron chi connectivity index (χ0n) is 17.0. The molecular weight excluding hydrogens is 371 g/mol. The van der Waals surface area contributed by atoms with Crippen LogP contribution in [0.15, 0.2) is 48.5 Å². The molecule has 154 valence electrons. The van der Waals surface area contributed by atoms with E-state index in [1.54, 1.807) is 30.1 Å². The lowest BCUT2D eigenvalue weighted by molar-refractivity contribution is -0.145. The van der Waals surface area contributed by atoms with Crippen molar-refractivity contribution < 1.29 is 18.7 Å². The second-order valence-corrected chi connectivity index (χ2v) is 7.48. The van der Waals surface area contributed by atoms with Crippen LogP contribution in [0.4, 0.5) is 4.39 Å². The highest BCUT2D eigenvalue weighted by Gasteiger charge is 2.47. The largest absolute Gasteiger partial charge is 0.468 e. The Kier molecular flexibility index (Phi) is 6.64. The van der Waals surface area contributed by atoms with Gasteiger partial charge in [0.1, 0.15) is 11.9 Å². The number of benzene rings is 2. The standard InChI is InChI=1S/C23H27FN2O3/c1-15-8-4-5-9-16(15)12-13-25-22(27)18-14-20(23(28)29-3)26(2)21(18)17-10-6-7-11-19(17)24/h4-11,18,20-21H,12-14H2,1-3H3,(H,25,27)/t18?,20-,21?/m0/s1. The Bertz CT molecular complexity index is 886. The van der Waals surface area contributed by atoms with Crippen molar-refractivity contribution in [3.8, 4) is 0 Å². The minimum Gasteiger partial charge on any atom is -0.468 e. The monoisotopic (exact) mass is 398 g/mol. The first-order valence-corrected chi connectivity index (χ1v) is 9.80. The fourth-order valence-corrected chi connectivity index (χ4v) is 4.16. The van der Waals surface area contributed by atoms with Gasteiger partial charge >= 0.3 is 5.97 Å². The fourth-order valence-electron chi connectivity index (χ4n) is 4.16. The molecule has 0 saturated carbocycles. The third-order valence-electron chi connectivity index (χ3n) is 5.78. The van der Waals surface area contributed by atoms with Crippen molar-refractivity contribution in [2.75, 3.05) is 20.7 Å². The molecule has 1 saturated heterocycles. The molecule has 2 aromatic carbocycles. The van der Waals surface area contributed by atoms with Crippen molar-refractivity contribution in [2.45, 2.75) is 31.8 Å². The van der Waals surface area contributed by atoms with Gasteiger partial charge < -0.3 is 10.1 Å². The lowest BCUT2D eigenvalue weighted by Crippen LogP contribution is -2.37. The maximum absolute atomic E-state index is 14.5. The molecule has 1 aliphatic heterocycles. The van der Waals surface area contributed by atoms with E-state index in [4.69, 9.17) is 4.74 Å². The Morgan fingerprint density at radius 1 is 1.17 bits per heavy atom. The van der Waals surface area contributed by atoms with E-state index in [1.807, 2.05) is 31.2 Å². The molecule has 6 heteroatoms. The third-order valence-corrected chi connectivity index (χ3v) is 5.78. The predicted octanol–water partition coefficient (Wildman–Crippen LogP) is 3.03. The van der Waals surface area contributed by atoms with E-state index < -0.39 is 24.0 Å². The number of hydrogen-bond donors (Lipinski definition) is 1. The van der Waals surface area contributed by atoms with Gasteiger partial charge in [0.05, 0.1) is 13.0 Å². The number of nitrogens with zero attached hydrogens (tertiary/aromatic N) is 1. The summed E-state index contributed by atoms with van der Waals surface area (Å²) in [6, 6.07) is 13.3. The van der Waals surface area contributed by atoms with E-state index in [9.17, 15) is 14.0 Å². The number of halogens is 1. The van der Waals surface area contributed by atoms with Gasteiger partial charge in [-0.15, -0.1) is 0 Å². The number of hydrogen-bond acceptors (Lipinski definition) is 4. The zero-order chi connectivity index (χ0) is 21.0. The van der Waals surface area contributed by atoms with Gasteiger partial charge in [0.25, 0.3) is 0 Å². The van der Waals surface area contributed by atoms with Crippen LogP contribution in [0.25, 0.3) is 0 Å². The van der Waals surface area contributed by atoms with Crippen molar-refractivity contribution in [3.63, 3.8) is 0 Å². The summed E-state index contributed by atoms with van der Waals surface area (Å²) in [6.07, 6.45) is 1.00. The molecule has 1 amide bonds. The first-order valence-electron chi connectivity index (χ1n) is 9.80. The molecule has 1 N–H and O–H groups in total. The molecule has 1 aliphatic rings. The normalized spacial score (nSPS) is 21.7. The third kappa shape index (κ3) is 4.48. The number of amides is 1. The maximum atomic E-state index is 14.5. The van der Waals surface area contributed by atoms with Crippen LogP contribution < -0.4 is 5.32 Å². The quantitative estimate of drug-likeness (QED) is 0.760. The van der Waals surface area contributed by atoms with Gasteiger partial charge in [0.2, 0.25) is 5.91 Å². The fraction of sp³-hybridized carbons (Fsp3) is 0.391. The molecule has 0 spiro atoms. The lowest BCUT2D eigenvalue weighted by atomic mass is 9.92. The molecule has 2 unspecified atom stereocenters. The van der Waals surface area contributed by atoms with Crippen molar-refractivity contribution in [1.82, 2.24) is 10.2 Å². The molecule has 0 bridgehead atoms. The highest BCUT2D eigenvalue weighted by Crippen LogP contribution is 2.41. The number of methoxy groups -OCH3 is 1. The van der Waals surface area contributed by atoms with Gasteiger partial charge in [-0.25, -0.2) is 4.39 Å². The zero-order valence-corrected chi connectivity index (χ0v) is 17.0. The Labute approximate surface area is 170 Å². The first-order chi connectivity index (χ1) is 13.9. The van der Waals surface area contributed by atoms with Gasteiger partial charge in [0, 0.05) is 18.2 Å². The van der Waals surface area contributed by atoms with Crippen LogP contribution in [0.2, 0.25) is 0 Å². The Morgan fingerprint density at radius 3 is 2.55 bits per heavy atom. The summed E-state index contributed by atoms with van der Waals surface area (Å²) < 4.78 is 19.4. The maximum Gasteiger partial charge on any atom is 0.323 e. The van der Waals surface area contributed by atoms with E-state index in [-0.39, 0.29) is 11.7 Å². The number of likely N-dealkylation sites (tertiary alicyclic amines) is 1. The van der Waals surface area contributed by atoms with Crippen LogP contribution in [0.5, 0.6) is 0 Å². The molecule has 2 aromatic rings. The summed E-state index contributed by atoms with van der Waals surface area (Å²) >= 11 is 0. The Hall–Kier alpha value is -2.73. The van der Waals surface area contributed by atoms with E-state index in [0.717, 1.165) is 0 Å².